The van der Waals surface area contributed by atoms with Crippen LogP contribution < -0.4 is 5.32 Å². The van der Waals surface area contributed by atoms with Crippen LogP contribution in [0, 0.1) is 24.0 Å². The number of non-ortho nitro benzene ring substituents is 1. The predicted octanol–water partition coefficient (Wildman–Crippen LogP) is 3.11. The molecule has 2 aromatic heterocycles. The number of nitrogens with one attached hydrogen (secondary N) is 1. The molecule has 0 aliphatic heterocycles. The van der Waals surface area contributed by atoms with Gasteiger partial charge >= 0.3 is 0 Å². The van der Waals surface area contributed by atoms with Gasteiger partial charge in [0.2, 0.25) is 0 Å². The van der Waals surface area contributed by atoms with Crippen LogP contribution in [-0.4, -0.2) is 25.6 Å². The van der Waals surface area contributed by atoms with Crippen LogP contribution in [0.1, 0.15) is 20.4 Å². The molecule has 0 saturated carbocycles. The zero-order valence-corrected chi connectivity index (χ0v) is 13.7. The van der Waals surface area contributed by atoms with Crippen LogP contribution in [0.25, 0.3) is 5.69 Å². The van der Waals surface area contributed by atoms with E-state index < -0.39 is 4.92 Å². The van der Waals surface area contributed by atoms with Crippen LogP contribution in [0.15, 0.2) is 36.5 Å². The number of aryl methyl sites for hydroxylation is 2. The van der Waals surface area contributed by atoms with Gasteiger partial charge in [0.05, 0.1) is 27.5 Å². The molecule has 0 aliphatic rings. The lowest BCUT2D eigenvalue weighted by atomic mass is 10.3. The van der Waals surface area contributed by atoms with E-state index >= 15 is 0 Å². The average Bonchev–Trinajstić information content (AvgIpc) is 3.13. The number of benzene rings is 1. The molecule has 0 aliphatic carbocycles. The minimum atomic E-state index is -0.468. The lowest BCUT2D eigenvalue weighted by Gasteiger charge is -2.08. The summed E-state index contributed by atoms with van der Waals surface area (Å²) in [6.07, 6.45) is 1.54. The standard InChI is InChI=1S/C15H13N5O3S/c1-9-14(24-10(2)17-9)15(21)18-13-7-8-16-19(13)11-3-5-12(6-4-11)20(22)23/h3-8H,1-2H3,(H,18,21). The summed E-state index contributed by atoms with van der Waals surface area (Å²) in [5, 5.41) is 18.5. The first-order chi connectivity index (χ1) is 11.5. The van der Waals surface area contributed by atoms with E-state index in [4.69, 9.17) is 0 Å². The Morgan fingerprint density at radius 2 is 1.96 bits per heavy atom. The molecule has 0 saturated heterocycles. The van der Waals surface area contributed by atoms with Gasteiger partial charge < -0.3 is 5.32 Å². The van der Waals surface area contributed by atoms with Gasteiger partial charge in [0.1, 0.15) is 10.7 Å². The van der Waals surface area contributed by atoms with Crippen LogP contribution in [-0.2, 0) is 0 Å². The summed E-state index contributed by atoms with van der Waals surface area (Å²) in [4.78, 5) is 27.4. The van der Waals surface area contributed by atoms with E-state index in [-0.39, 0.29) is 11.6 Å². The maximum absolute atomic E-state index is 12.4. The van der Waals surface area contributed by atoms with E-state index in [0.29, 0.717) is 22.1 Å². The van der Waals surface area contributed by atoms with Crippen molar-refractivity contribution in [2.75, 3.05) is 5.32 Å². The number of carbonyl (C=O) groups excluding carboxylic acids is 1. The summed E-state index contributed by atoms with van der Waals surface area (Å²) in [7, 11) is 0. The molecule has 122 valence electrons. The van der Waals surface area contributed by atoms with Gasteiger partial charge in [-0.05, 0) is 26.0 Å². The number of nitro benzene ring substituents is 1. The molecule has 8 nitrogen and oxygen atoms in total. The fourth-order valence-corrected chi connectivity index (χ4v) is 3.05. The van der Waals surface area contributed by atoms with Crippen molar-refractivity contribution in [3.8, 4) is 5.69 Å². The monoisotopic (exact) mass is 343 g/mol. The fraction of sp³-hybridized carbons (Fsp3) is 0.133. The molecule has 1 amide bonds. The van der Waals surface area contributed by atoms with E-state index in [0.717, 1.165) is 5.01 Å². The molecule has 24 heavy (non-hydrogen) atoms. The van der Waals surface area contributed by atoms with E-state index in [1.807, 2.05) is 6.92 Å². The first-order valence-electron chi connectivity index (χ1n) is 7.00. The average molecular weight is 343 g/mol. The van der Waals surface area contributed by atoms with E-state index in [1.54, 1.807) is 31.3 Å². The van der Waals surface area contributed by atoms with Gasteiger partial charge in [-0.3, -0.25) is 14.9 Å². The van der Waals surface area contributed by atoms with E-state index in [1.165, 1.54) is 28.2 Å². The zero-order valence-electron chi connectivity index (χ0n) is 12.9. The number of anilines is 1. The number of amides is 1. The van der Waals surface area contributed by atoms with Gasteiger partial charge in [-0.2, -0.15) is 5.10 Å². The zero-order chi connectivity index (χ0) is 17.3. The van der Waals surface area contributed by atoms with Crippen LogP contribution in [0.2, 0.25) is 0 Å². The Labute approximate surface area is 140 Å². The lowest BCUT2D eigenvalue weighted by Crippen LogP contribution is -2.15. The third kappa shape index (κ3) is 3.01. The fourth-order valence-electron chi connectivity index (χ4n) is 2.23. The first kappa shape index (κ1) is 15.8. The van der Waals surface area contributed by atoms with Crippen LogP contribution in [0.3, 0.4) is 0 Å². The molecule has 1 aromatic carbocycles. The number of nitro groups is 1. The lowest BCUT2D eigenvalue weighted by molar-refractivity contribution is -0.384. The molecule has 0 bridgehead atoms. The molecule has 0 fully saturated rings. The molecular weight excluding hydrogens is 330 g/mol. The van der Waals surface area contributed by atoms with Crippen molar-refractivity contribution in [3.05, 3.63) is 62.2 Å². The minimum Gasteiger partial charge on any atom is -0.306 e. The highest BCUT2D eigenvalue weighted by Gasteiger charge is 2.16. The number of rotatable bonds is 4. The second kappa shape index (κ2) is 6.20. The van der Waals surface area contributed by atoms with Crippen molar-refractivity contribution in [1.29, 1.82) is 0 Å². The SMILES string of the molecule is Cc1nc(C)c(C(=O)Nc2ccnn2-c2ccc([N+](=O)[O-])cc2)s1. The van der Waals surface area contributed by atoms with Crippen molar-refractivity contribution in [3.63, 3.8) is 0 Å². The highest BCUT2D eigenvalue weighted by atomic mass is 32.1. The molecule has 3 aromatic rings. The smallest absolute Gasteiger partial charge is 0.269 e. The second-order valence-electron chi connectivity index (χ2n) is 5.00. The summed E-state index contributed by atoms with van der Waals surface area (Å²) >= 11 is 1.32. The maximum atomic E-state index is 12.4. The molecular formula is C15H13N5O3S. The van der Waals surface area contributed by atoms with Gasteiger partial charge in [-0.15, -0.1) is 11.3 Å². The molecule has 0 radical (unpaired) electrons. The van der Waals surface area contributed by atoms with Crippen molar-refractivity contribution in [1.82, 2.24) is 14.8 Å². The molecule has 2 heterocycles. The first-order valence-corrected chi connectivity index (χ1v) is 7.81. The van der Waals surface area contributed by atoms with Crippen molar-refractivity contribution < 1.29 is 9.72 Å². The Hall–Kier alpha value is -3.07. The summed E-state index contributed by atoms with van der Waals surface area (Å²) in [6.45, 7) is 3.63. The number of hydrogen-bond donors (Lipinski definition) is 1. The highest BCUT2D eigenvalue weighted by molar-refractivity contribution is 7.13. The van der Waals surface area contributed by atoms with Crippen LogP contribution >= 0.6 is 11.3 Å². The van der Waals surface area contributed by atoms with Crippen molar-refractivity contribution >= 4 is 28.7 Å². The highest BCUT2D eigenvalue weighted by Crippen LogP contribution is 2.21. The maximum Gasteiger partial charge on any atom is 0.269 e. The van der Waals surface area contributed by atoms with Gasteiger partial charge in [0, 0.05) is 18.2 Å². The quantitative estimate of drug-likeness (QED) is 0.579. The third-order valence-corrected chi connectivity index (χ3v) is 4.37. The number of thiazole rings is 1. The van der Waals surface area contributed by atoms with E-state index in [9.17, 15) is 14.9 Å². The van der Waals surface area contributed by atoms with Gasteiger partial charge in [0.25, 0.3) is 11.6 Å². The number of aromatic nitrogens is 3. The van der Waals surface area contributed by atoms with Crippen molar-refractivity contribution in [2.24, 2.45) is 0 Å². The Kier molecular flexibility index (Phi) is 4.09. The van der Waals surface area contributed by atoms with Gasteiger partial charge in [-0.25, -0.2) is 9.67 Å². The van der Waals surface area contributed by atoms with Gasteiger partial charge in [0.15, 0.2) is 0 Å². The molecule has 3 rings (SSSR count). The number of nitrogens with zero attached hydrogens (tertiary/aromatic N) is 4. The van der Waals surface area contributed by atoms with Crippen LogP contribution in [0.5, 0.6) is 0 Å². The van der Waals surface area contributed by atoms with Crippen molar-refractivity contribution in [2.45, 2.75) is 13.8 Å². The van der Waals surface area contributed by atoms with Crippen LogP contribution in [0.4, 0.5) is 11.5 Å². The number of hydrogen-bond acceptors (Lipinski definition) is 6. The number of carbonyl (C=O) groups is 1. The summed E-state index contributed by atoms with van der Waals surface area (Å²) in [5.41, 5.74) is 1.28. The largest absolute Gasteiger partial charge is 0.306 e. The summed E-state index contributed by atoms with van der Waals surface area (Å²) in [6, 6.07) is 7.58. The Morgan fingerprint density at radius 1 is 1.25 bits per heavy atom. The summed E-state index contributed by atoms with van der Waals surface area (Å²) < 4.78 is 1.50. The molecule has 0 spiro atoms. The third-order valence-electron chi connectivity index (χ3n) is 3.30. The predicted molar refractivity (Wildman–Crippen MR) is 89.8 cm³/mol. The summed E-state index contributed by atoms with van der Waals surface area (Å²) in [5.74, 6) is 0.209. The molecule has 0 atom stereocenters. The minimum absolute atomic E-state index is 0.00717. The molecule has 9 heteroatoms. The van der Waals surface area contributed by atoms with E-state index in [2.05, 4.69) is 15.4 Å². The normalized spacial score (nSPS) is 10.6. The Morgan fingerprint density at radius 3 is 2.54 bits per heavy atom. The Balaban J connectivity index is 1.86. The van der Waals surface area contributed by atoms with Gasteiger partial charge in [-0.1, -0.05) is 0 Å². The topological polar surface area (TPSA) is 103 Å². The molecule has 1 N–H and O–H groups in total. The Bertz CT molecular complexity index is 914. The molecule has 0 unspecified atom stereocenters. The second-order valence-corrected chi connectivity index (χ2v) is 6.21.